The van der Waals surface area contributed by atoms with Crippen molar-refractivity contribution in [3.8, 4) is 0 Å². The smallest absolute Gasteiger partial charge is 0.0915 e. The molecule has 2 aliphatic heterocycles. The van der Waals surface area contributed by atoms with E-state index in [1.54, 1.807) is 0 Å². The van der Waals surface area contributed by atoms with Crippen molar-refractivity contribution < 1.29 is 9.47 Å². The maximum Gasteiger partial charge on any atom is 0.0915 e. The molecule has 0 aromatic heterocycles. The first-order valence-corrected chi connectivity index (χ1v) is 4.57. The molecule has 0 aromatic carbocycles. The SMILES string of the molecule is C[C@@]12CCCO[C@H]1CCCO2. The van der Waals surface area contributed by atoms with E-state index >= 15 is 0 Å². The molecule has 0 spiro atoms. The minimum atomic E-state index is 0.0521. The summed E-state index contributed by atoms with van der Waals surface area (Å²) in [4.78, 5) is 0. The molecule has 2 rings (SSSR count). The van der Waals surface area contributed by atoms with Crippen LogP contribution in [0.15, 0.2) is 0 Å². The van der Waals surface area contributed by atoms with Crippen LogP contribution in [0.4, 0.5) is 0 Å². The molecule has 0 amide bonds. The lowest BCUT2D eigenvalue weighted by Crippen LogP contribution is -2.50. The lowest BCUT2D eigenvalue weighted by Gasteiger charge is -2.44. The van der Waals surface area contributed by atoms with Crippen LogP contribution in [0.3, 0.4) is 0 Å². The van der Waals surface area contributed by atoms with Crippen molar-refractivity contribution in [3.63, 3.8) is 0 Å². The predicted octanol–water partition coefficient (Wildman–Crippen LogP) is 1.73. The predicted molar refractivity (Wildman–Crippen MR) is 42.6 cm³/mol. The van der Waals surface area contributed by atoms with Crippen LogP contribution in [-0.4, -0.2) is 24.9 Å². The Morgan fingerprint density at radius 1 is 1.27 bits per heavy atom. The Labute approximate surface area is 67.9 Å². The lowest BCUT2D eigenvalue weighted by molar-refractivity contribution is -0.192. The molecule has 0 aliphatic carbocycles. The molecule has 2 aliphatic rings. The summed E-state index contributed by atoms with van der Waals surface area (Å²) < 4.78 is 11.4. The van der Waals surface area contributed by atoms with Crippen molar-refractivity contribution in [2.45, 2.75) is 44.3 Å². The van der Waals surface area contributed by atoms with E-state index < -0.39 is 0 Å². The molecule has 2 heteroatoms. The molecule has 2 nitrogen and oxygen atoms in total. The third-order valence-electron chi connectivity index (χ3n) is 2.86. The van der Waals surface area contributed by atoms with Gasteiger partial charge in [-0.25, -0.2) is 0 Å². The first-order chi connectivity index (χ1) is 5.31. The van der Waals surface area contributed by atoms with Gasteiger partial charge in [-0.1, -0.05) is 0 Å². The third kappa shape index (κ3) is 1.30. The summed E-state index contributed by atoms with van der Waals surface area (Å²) in [6, 6.07) is 0. The van der Waals surface area contributed by atoms with E-state index in [1.165, 1.54) is 19.3 Å². The number of fused-ring (bicyclic) bond motifs is 1. The average molecular weight is 156 g/mol. The Kier molecular flexibility index (Phi) is 1.90. The Morgan fingerprint density at radius 2 is 2.18 bits per heavy atom. The second kappa shape index (κ2) is 2.76. The van der Waals surface area contributed by atoms with Crippen LogP contribution in [0.1, 0.15) is 32.6 Å². The van der Waals surface area contributed by atoms with E-state index in [4.69, 9.17) is 9.47 Å². The quantitative estimate of drug-likeness (QED) is 0.532. The summed E-state index contributed by atoms with van der Waals surface area (Å²) in [5, 5.41) is 0. The number of hydrogen-bond donors (Lipinski definition) is 0. The molecule has 11 heavy (non-hydrogen) atoms. The monoisotopic (exact) mass is 156 g/mol. The maximum absolute atomic E-state index is 5.74. The van der Waals surface area contributed by atoms with Crippen LogP contribution in [0.2, 0.25) is 0 Å². The van der Waals surface area contributed by atoms with Gasteiger partial charge in [0.1, 0.15) is 0 Å². The Balaban J connectivity index is 2.06. The fraction of sp³-hybridized carbons (Fsp3) is 1.00. The number of rotatable bonds is 0. The van der Waals surface area contributed by atoms with Crippen LogP contribution in [0.5, 0.6) is 0 Å². The summed E-state index contributed by atoms with van der Waals surface area (Å²) in [5.74, 6) is 0. The van der Waals surface area contributed by atoms with E-state index in [2.05, 4.69) is 6.92 Å². The average Bonchev–Trinajstić information content (AvgIpc) is 2.03. The molecule has 2 atom stereocenters. The van der Waals surface area contributed by atoms with Crippen molar-refractivity contribution in [2.24, 2.45) is 0 Å². The largest absolute Gasteiger partial charge is 0.375 e. The van der Waals surface area contributed by atoms with Crippen molar-refractivity contribution in [3.05, 3.63) is 0 Å². The fourth-order valence-electron chi connectivity index (χ4n) is 2.11. The summed E-state index contributed by atoms with van der Waals surface area (Å²) in [6.07, 6.45) is 5.08. The standard InChI is InChI=1S/C9H16O2/c1-9-5-3-6-10-8(9)4-2-7-11-9/h8H,2-7H2,1H3/t8-,9+/m0/s1. The second-order valence-corrected chi connectivity index (χ2v) is 3.77. The van der Waals surface area contributed by atoms with Crippen LogP contribution < -0.4 is 0 Å². The lowest BCUT2D eigenvalue weighted by atomic mass is 9.86. The minimum Gasteiger partial charge on any atom is -0.375 e. The molecule has 2 fully saturated rings. The van der Waals surface area contributed by atoms with E-state index in [0.717, 1.165) is 19.6 Å². The molecular weight excluding hydrogens is 140 g/mol. The molecule has 0 bridgehead atoms. The van der Waals surface area contributed by atoms with E-state index in [1.807, 2.05) is 0 Å². The molecule has 64 valence electrons. The molecule has 0 N–H and O–H groups in total. The zero-order chi connectivity index (χ0) is 7.73. The van der Waals surface area contributed by atoms with E-state index in [0.29, 0.717) is 6.10 Å². The zero-order valence-electron chi connectivity index (χ0n) is 7.14. The molecule has 2 heterocycles. The molecule has 0 aromatic rings. The normalized spacial score (nSPS) is 45.0. The van der Waals surface area contributed by atoms with Gasteiger partial charge in [0.05, 0.1) is 11.7 Å². The van der Waals surface area contributed by atoms with Gasteiger partial charge >= 0.3 is 0 Å². The Bertz CT molecular complexity index is 132. The van der Waals surface area contributed by atoms with Gasteiger partial charge in [-0.2, -0.15) is 0 Å². The van der Waals surface area contributed by atoms with Crippen LogP contribution in [0.25, 0.3) is 0 Å². The first kappa shape index (κ1) is 7.56. The highest BCUT2D eigenvalue weighted by molar-refractivity contribution is 4.90. The fourth-order valence-corrected chi connectivity index (χ4v) is 2.11. The highest BCUT2D eigenvalue weighted by Crippen LogP contribution is 2.34. The van der Waals surface area contributed by atoms with E-state index in [9.17, 15) is 0 Å². The van der Waals surface area contributed by atoms with Gasteiger partial charge < -0.3 is 9.47 Å². The van der Waals surface area contributed by atoms with Crippen LogP contribution in [-0.2, 0) is 9.47 Å². The Hall–Kier alpha value is -0.0800. The van der Waals surface area contributed by atoms with Crippen LogP contribution in [0, 0.1) is 0 Å². The van der Waals surface area contributed by atoms with Gasteiger partial charge in [0.2, 0.25) is 0 Å². The van der Waals surface area contributed by atoms with Crippen molar-refractivity contribution in [1.29, 1.82) is 0 Å². The summed E-state index contributed by atoms with van der Waals surface area (Å²) in [5.41, 5.74) is 0.0521. The van der Waals surface area contributed by atoms with Gasteiger partial charge in [-0.05, 0) is 32.6 Å². The van der Waals surface area contributed by atoms with Gasteiger partial charge in [-0.3, -0.25) is 0 Å². The van der Waals surface area contributed by atoms with Gasteiger partial charge in [0.15, 0.2) is 0 Å². The van der Waals surface area contributed by atoms with Crippen molar-refractivity contribution >= 4 is 0 Å². The zero-order valence-corrected chi connectivity index (χ0v) is 7.14. The molecule has 0 saturated carbocycles. The summed E-state index contributed by atoms with van der Waals surface area (Å²) in [6.45, 7) is 4.05. The van der Waals surface area contributed by atoms with Crippen LogP contribution >= 0.6 is 0 Å². The summed E-state index contributed by atoms with van der Waals surface area (Å²) in [7, 11) is 0. The Morgan fingerprint density at radius 3 is 3.00 bits per heavy atom. The molecule has 2 saturated heterocycles. The second-order valence-electron chi connectivity index (χ2n) is 3.77. The first-order valence-electron chi connectivity index (χ1n) is 4.57. The minimum absolute atomic E-state index is 0.0521. The van der Waals surface area contributed by atoms with E-state index in [-0.39, 0.29) is 5.60 Å². The molecular formula is C9H16O2. The summed E-state index contributed by atoms with van der Waals surface area (Å²) >= 11 is 0. The number of hydrogen-bond acceptors (Lipinski definition) is 2. The van der Waals surface area contributed by atoms with Crippen molar-refractivity contribution in [2.75, 3.05) is 13.2 Å². The highest BCUT2D eigenvalue weighted by Gasteiger charge is 2.40. The third-order valence-corrected chi connectivity index (χ3v) is 2.86. The maximum atomic E-state index is 5.74. The topological polar surface area (TPSA) is 18.5 Å². The molecule has 0 radical (unpaired) electrons. The van der Waals surface area contributed by atoms with Crippen molar-refractivity contribution in [1.82, 2.24) is 0 Å². The van der Waals surface area contributed by atoms with Gasteiger partial charge in [0, 0.05) is 13.2 Å². The van der Waals surface area contributed by atoms with Gasteiger partial charge in [-0.15, -0.1) is 0 Å². The molecule has 0 unspecified atom stereocenters. The number of ether oxygens (including phenoxy) is 2. The highest BCUT2D eigenvalue weighted by atomic mass is 16.6. The van der Waals surface area contributed by atoms with Gasteiger partial charge in [0.25, 0.3) is 0 Å².